The molecule has 6 nitrogen and oxygen atoms in total. The van der Waals surface area contributed by atoms with Crippen molar-refractivity contribution in [2.24, 2.45) is 5.92 Å². The Morgan fingerprint density at radius 1 is 1.10 bits per heavy atom. The predicted octanol–water partition coefficient (Wildman–Crippen LogP) is 1.06. The van der Waals surface area contributed by atoms with E-state index in [1.807, 2.05) is 24.3 Å². The first-order valence-corrected chi connectivity index (χ1v) is 6.67. The summed E-state index contributed by atoms with van der Waals surface area (Å²) < 4.78 is 14.9. The minimum absolute atomic E-state index is 0.172. The molecular weight excluding hydrogens is 274 g/mol. The molecule has 6 heteroatoms. The average Bonchev–Trinajstić information content (AvgIpc) is 2.98. The molecule has 0 unspecified atom stereocenters. The van der Waals surface area contributed by atoms with Crippen molar-refractivity contribution in [2.75, 3.05) is 21.3 Å². The summed E-state index contributed by atoms with van der Waals surface area (Å²) in [6.45, 7) is 0. The molecule has 1 heterocycles. The van der Waals surface area contributed by atoms with E-state index in [0.717, 1.165) is 5.56 Å². The van der Waals surface area contributed by atoms with E-state index >= 15 is 0 Å². The maximum absolute atomic E-state index is 11.9. The van der Waals surface area contributed by atoms with Crippen molar-refractivity contribution in [1.29, 1.82) is 0 Å². The van der Waals surface area contributed by atoms with Crippen LogP contribution in [0.5, 0.6) is 5.75 Å². The van der Waals surface area contributed by atoms with Crippen molar-refractivity contribution in [2.45, 2.75) is 18.5 Å². The summed E-state index contributed by atoms with van der Waals surface area (Å²) in [7, 11) is 4.20. The molecule has 0 aliphatic carbocycles. The highest BCUT2D eigenvalue weighted by atomic mass is 16.5. The molecule has 0 aromatic heterocycles. The second-order valence-electron chi connectivity index (χ2n) is 4.83. The van der Waals surface area contributed by atoms with Crippen LogP contribution in [0.15, 0.2) is 24.3 Å². The third-order valence-corrected chi connectivity index (χ3v) is 3.75. The number of methoxy groups -OCH3 is 3. The second kappa shape index (κ2) is 6.58. The lowest BCUT2D eigenvalue weighted by atomic mass is 9.96. The molecule has 21 heavy (non-hydrogen) atoms. The number of para-hydroxylation sites is 1. The van der Waals surface area contributed by atoms with Gasteiger partial charge in [-0.1, -0.05) is 18.2 Å². The fourth-order valence-electron chi connectivity index (χ4n) is 2.70. The van der Waals surface area contributed by atoms with E-state index in [-0.39, 0.29) is 6.04 Å². The van der Waals surface area contributed by atoms with Gasteiger partial charge in [-0.25, -0.2) is 0 Å². The second-order valence-corrected chi connectivity index (χ2v) is 4.83. The molecule has 1 saturated heterocycles. The van der Waals surface area contributed by atoms with Crippen LogP contribution in [-0.4, -0.2) is 39.3 Å². The molecule has 0 spiro atoms. The summed E-state index contributed by atoms with van der Waals surface area (Å²) in [5.74, 6) is -0.750. The van der Waals surface area contributed by atoms with Gasteiger partial charge in [-0.2, -0.15) is 0 Å². The zero-order valence-electron chi connectivity index (χ0n) is 12.3. The van der Waals surface area contributed by atoms with Crippen molar-refractivity contribution in [1.82, 2.24) is 5.32 Å². The van der Waals surface area contributed by atoms with Crippen molar-refractivity contribution in [3.8, 4) is 5.75 Å². The Bertz CT molecular complexity index is 507. The first-order valence-electron chi connectivity index (χ1n) is 6.67. The SMILES string of the molecule is COC(=O)[C@H]1C[C@@H](c2ccccc2OC)N[C@H]1C(=O)OC. The highest BCUT2D eigenvalue weighted by molar-refractivity contribution is 5.85. The van der Waals surface area contributed by atoms with Crippen LogP contribution >= 0.6 is 0 Å². The molecule has 1 aromatic rings. The van der Waals surface area contributed by atoms with Crippen molar-refractivity contribution in [3.05, 3.63) is 29.8 Å². The average molecular weight is 293 g/mol. The van der Waals surface area contributed by atoms with E-state index in [1.54, 1.807) is 7.11 Å². The Morgan fingerprint density at radius 2 is 1.76 bits per heavy atom. The van der Waals surface area contributed by atoms with Gasteiger partial charge in [0.2, 0.25) is 0 Å². The summed E-state index contributed by atoms with van der Waals surface area (Å²) in [5.41, 5.74) is 0.903. The molecule has 0 radical (unpaired) electrons. The van der Waals surface area contributed by atoms with Crippen LogP contribution in [0.3, 0.4) is 0 Å². The molecule has 1 aromatic carbocycles. The van der Waals surface area contributed by atoms with Crippen LogP contribution in [0, 0.1) is 5.92 Å². The van der Waals surface area contributed by atoms with Crippen LogP contribution in [0.4, 0.5) is 0 Å². The van der Waals surface area contributed by atoms with Crippen LogP contribution in [0.1, 0.15) is 18.0 Å². The van der Waals surface area contributed by atoms with Gasteiger partial charge in [0, 0.05) is 11.6 Å². The summed E-state index contributed by atoms with van der Waals surface area (Å²) in [4.78, 5) is 23.7. The van der Waals surface area contributed by atoms with Crippen LogP contribution in [0.25, 0.3) is 0 Å². The van der Waals surface area contributed by atoms with E-state index in [4.69, 9.17) is 14.2 Å². The van der Waals surface area contributed by atoms with Gasteiger partial charge >= 0.3 is 11.9 Å². The number of carbonyl (C=O) groups excluding carboxylic acids is 2. The number of rotatable bonds is 4. The smallest absolute Gasteiger partial charge is 0.323 e. The lowest BCUT2D eigenvalue weighted by molar-refractivity contribution is -0.153. The third kappa shape index (κ3) is 3.00. The molecule has 0 amide bonds. The Balaban J connectivity index is 2.28. The quantitative estimate of drug-likeness (QED) is 0.837. The highest BCUT2D eigenvalue weighted by Crippen LogP contribution is 2.36. The molecule has 1 N–H and O–H groups in total. The summed E-state index contributed by atoms with van der Waals surface area (Å²) in [6.07, 6.45) is 0.451. The summed E-state index contributed by atoms with van der Waals surface area (Å²) in [5, 5.41) is 3.14. The van der Waals surface area contributed by atoms with Gasteiger partial charge in [0.15, 0.2) is 0 Å². The highest BCUT2D eigenvalue weighted by Gasteiger charge is 2.44. The molecule has 3 atom stereocenters. The normalized spacial score (nSPS) is 24.4. The molecule has 0 saturated carbocycles. The van der Waals surface area contributed by atoms with Gasteiger partial charge in [-0.3, -0.25) is 14.9 Å². The van der Waals surface area contributed by atoms with E-state index in [9.17, 15) is 9.59 Å². The maximum Gasteiger partial charge on any atom is 0.323 e. The number of carbonyl (C=O) groups is 2. The first-order chi connectivity index (χ1) is 10.1. The largest absolute Gasteiger partial charge is 0.496 e. The van der Waals surface area contributed by atoms with Crippen molar-refractivity contribution in [3.63, 3.8) is 0 Å². The fourth-order valence-corrected chi connectivity index (χ4v) is 2.70. The van der Waals surface area contributed by atoms with E-state index in [0.29, 0.717) is 12.2 Å². The lowest BCUT2D eigenvalue weighted by Gasteiger charge is -2.16. The standard InChI is InChI=1S/C15H19NO5/c1-19-12-7-5-4-6-9(12)11-8-10(14(17)20-2)13(16-11)15(18)21-3/h4-7,10-11,13,16H,8H2,1-3H3/t10-,11-,13+/m0/s1. The van der Waals surface area contributed by atoms with Gasteiger partial charge in [-0.15, -0.1) is 0 Å². The molecule has 2 rings (SSSR count). The number of nitrogens with one attached hydrogen (secondary N) is 1. The first kappa shape index (κ1) is 15.3. The monoisotopic (exact) mass is 293 g/mol. The maximum atomic E-state index is 11.9. The Hall–Kier alpha value is -2.08. The number of hydrogen-bond acceptors (Lipinski definition) is 6. The molecular formula is C15H19NO5. The molecule has 114 valence electrons. The van der Waals surface area contributed by atoms with Gasteiger partial charge in [-0.05, 0) is 12.5 Å². The van der Waals surface area contributed by atoms with E-state index < -0.39 is 23.9 Å². The molecule has 1 aliphatic heterocycles. The Labute approximate surface area is 123 Å². The van der Waals surface area contributed by atoms with E-state index in [1.165, 1.54) is 14.2 Å². The number of hydrogen-bond donors (Lipinski definition) is 1. The number of esters is 2. The Morgan fingerprint density at radius 3 is 2.38 bits per heavy atom. The lowest BCUT2D eigenvalue weighted by Crippen LogP contribution is -2.40. The zero-order valence-corrected chi connectivity index (χ0v) is 12.3. The van der Waals surface area contributed by atoms with Crippen molar-refractivity contribution < 1.29 is 23.8 Å². The van der Waals surface area contributed by atoms with Gasteiger partial charge in [0.25, 0.3) is 0 Å². The molecule has 0 bridgehead atoms. The van der Waals surface area contributed by atoms with E-state index in [2.05, 4.69) is 5.32 Å². The molecule has 1 fully saturated rings. The van der Waals surface area contributed by atoms with Crippen LogP contribution in [0.2, 0.25) is 0 Å². The van der Waals surface area contributed by atoms with Crippen molar-refractivity contribution >= 4 is 11.9 Å². The number of ether oxygens (including phenoxy) is 3. The summed E-state index contributed by atoms with van der Waals surface area (Å²) in [6, 6.07) is 6.62. The minimum atomic E-state index is -0.711. The topological polar surface area (TPSA) is 73.9 Å². The zero-order chi connectivity index (χ0) is 15.4. The summed E-state index contributed by atoms with van der Waals surface area (Å²) >= 11 is 0. The van der Waals surface area contributed by atoms with Gasteiger partial charge in [0.1, 0.15) is 11.8 Å². The van der Waals surface area contributed by atoms with Gasteiger partial charge in [0.05, 0.1) is 27.2 Å². The predicted molar refractivity (Wildman–Crippen MR) is 74.8 cm³/mol. The fraction of sp³-hybridized carbons (Fsp3) is 0.467. The van der Waals surface area contributed by atoms with Gasteiger partial charge < -0.3 is 14.2 Å². The number of benzene rings is 1. The molecule has 1 aliphatic rings. The minimum Gasteiger partial charge on any atom is -0.496 e. The van der Waals surface area contributed by atoms with Crippen LogP contribution < -0.4 is 10.1 Å². The Kier molecular flexibility index (Phi) is 4.80. The third-order valence-electron chi connectivity index (χ3n) is 3.75. The van der Waals surface area contributed by atoms with Crippen LogP contribution in [-0.2, 0) is 19.1 Å².